The van der Waals surface area contributed by atoms with Crippen LogP contribution in [0.3, 0.4) is 0 Å². The van der Waals surface area contributed by atoms with Crippen molar-refractivity contribution in [3.8, 4) is 0 Å². The molecule has 1 heterocycles. The number of rotatable bonds is 4. The highest BCUT2D eigenvalue weighted by molar-refractivity contribution is 9.10. The monoisotopic (exact) mass is 388 g/mol. The van der Waals surface area contributed by atoms with E-state index in [0.717, 1.165) is 23.0 Å². The van der Waals surface area contributed by atoms with Gasteiger partial charge in [-0.15, -0.1) is 10.2 Å². The molecule has 1 aromatic heterocycles. The van der Waals surface area contributed by atoms with Crippen molar-refractivity contribution in [2.45, 2.75) is 44.6 Å². The SMILES string of the molecule is O=C(NC1CCCCCC1)c1ccc(Nc2cccc(Br)c2)nn1. The summed E-state index contributed by atoms with van der Waals surface area (Å²) in [7, 11) is 0. The van der Waals surface area contributed by atoms with Gasteiger partial charge in [-0.05, 0) is 43.2 Å². The Labute approximate surface area is 150 Å². The number of aromatic nitrogens is 2. The van der Waals surface area contributed by atoms with Crippen LogP contribution in [0.2, 0.25) is 0 Å². The third-order valence-electron chi connectivity index (χ3n) is 4.18. The summed E-state index contributed by atoms with van der Waals surface area (Å²) in [4.78, 5) is 12.3. The normalized spacial score (nSPS) is 15.5. The lowest BCUT2D eigenvalue weighted by molar-refractivity contribution is 0.0927. The van der Waals surface area contributed by atoms with Crippen molar-refractivity contribution in [2.75, 3.05) is 5.32 Å². The van der Waals surface area contributed by atoms with E-state index in [1.165, 1.54) is 25.7 Å². The molecule has 3 rings (SSSR count). The Morgan fingerprint density at radius 1 is 1.04 bits per heavy atom. The van der Waals surface area contributed by atoms with Crippen molar-refractivity contribution in [3.63, 3.8) is 0 Å². The van der Waals surface area contributed by atoms with Crippen LogP contribution in [0, 0.1) is 0 Å². The lowest BCUT2D eigenvalue weighted by Gasteiger charge is -2.15. The predicted molar refractivity (Wildman–Crippen MR) is 98.4 cm³/mol. The number of carbonyl (C=O) groups is 1. The second-order valence-corrected chi connectivity index (χ2v) is 7.02. The molecule has 0 atom stereocenters. The Morgan fingerprint density at radius 2 is 1.83 bits per heavy atom. The summed E-state index contributed by atoms with van der Waals surface area (Å²) in [5, 5.41) is 14.4. The Kier molecular flexibility index (Phi) is 5.80. The first-order valence-electron chi connectivity index (χ1n) is 8.38. The van der Waals surface area contributed by atoms with Crippen molar-refractivity contribution < 1.29 is 4.79 Å². The lowest BCUT2D eigenvalue weighted by atomic mass is 10.1. The van der Waals surface area contributed by atoms with Crippen molar-refractivity contribution in [1.29, 1.82) is 0 Å². The fourth-order valence-electron chi connectivity index (χ4n) is 2.92. The topological polar surface area (TPSA) is 66.9 Å². The fraction of sp³-hybridized carbons (Fsp3) is 0.389. The quantitative estimate of drug-likeness (QED) is 0.759. The first-order valence-corrected chi connectivity index (χ1v) is 9.17. The minimum absolute atomic E-state index is 0.136. The Bertz CT molecular complexity index is 682. The number of carbonyl (C=O) groups excluding carboxylic acids is 1. The summed E-state index contributed by atoms with van der Waals surface area (Å²) >= 11 is 3.43. The lowest BCUT2D eigenvalue weighted by Crippen LogP contribution is -2.35. The highest BCUT2D eigenvalue weighted by Gasteiger charge is 2.16. The van der Waals surface area contributed by atoms with E-state index in [1.807, 2.05) is 24.3 Å². The van der Waals surface area contributed by atoms with Gasteiger partial charge >= 0.3 is 0 Å². The van der Waals surface area contributed by atoms with Crippen LogP contribution in [-0.2, 0) is 0 Å². The van der Waals surface area contributed by atoms with Crippen molar-refractivity contribution >= 4 is 33.3 Å². The maximum absolute atomic E-state index is 12.3. The summed E-state index contributed by atoms with van der Waals surface area (Å²) in [6.07, 6.45) is 7.02. The molecule has 1 saturated carbocycles. The molecule has 126 valence electrons. The van der Waals surface area contributed by atoms with Gasteiger partial charge in [0.1, 0.15) is 0 Å². The Hall–Kier alpha value is -1.95. The third kappa shape index (κ3) is 4.77. The van der Waals surface area contributed by atoms with Crippen LogP contribution in [0.15, 0.2) is 40.9 Å². The molecule has 1 amide bonds. The number of benzene rings is 1. The van der Waals surface area contributed by atoms with Gasteiger partial charge in [-0.1, -0.05) is 47.7 Å². The molecule has 1 aromatic carbocycles. The number of hydrogen-bond donors (Lipinski definition) is 2. The zero-order valence-electron chi connectivity index (χ0n) is 13.5. The number of anilines is 2. The van der Waals surface area contributed by atoms with Crippen LogP contribution in [0.5, 0.6) is 0 Å². The highest BCUT2D eigenvalue weighted by Crippen LogP contribution is 2.19. The van der Waals surface area contributed by atoms with Crippen LogP contribution in [0.4, 0.5) is 11.5 Å². The van der Waals surface area contributed by atoms with Crippen molar-refractivity contribution in [3.05, 3.63) is 46.6 Å². The Morgan fingerprint density at radius 3 is 2.50 bits per heavy atom. The molecule has 6 heteroatoms. The molecule has 24 heavy (non-hydrogen) atoms. The highest BCUT2D eigenvalue weighted by atomic mass is 79.9. The van der Waals surface area contributed by atoms with E-state index in [0.29, 0.717) is 11.5 Å². The number of amides is 1. The average molecular weight is 389 g/mol. The molecular weight excluding hydrogens is 368 g/mol. The van der Waals surface area contributed by atoms with E-state index in [4.69, 9.17) is 0 Å². The summed E-state index contributed by atoms with van der Waals surface area (Å²) in [6.45, 7) is 0. The van der Waals surface area contributed by atoms with E-state index >= 15 is 0 Å². The van der Waals surface area contributed by atoms with Gasteiger partial charge in [-0.3, -0.25) is 4.79 Å². The van der Waals surface area contributed by atoms with E-state index in [2.05, 4.69) is 36.8 Å². The van der Waals surface area contributed by atoms with Crippen LogP contribution < -0.4 is 10.6 Å². The summed E-state index contributed by atoms with van der Waals surface area (Å²) in [5.41, 5.74) is 1.27. The second-order valence-electron chi connectivity index (χ2n) is 6.10. The number of nitrogens with zero attached hydrogens (tertiary/aromatic N) is 2. The minimum atomic E-state index is -0.136. The first-order chi connectivity index (χ1) is 11.7. The standard InChI is InChI=1S/C18H21BrN4O/c19-13-6-5-9-15(12-13)20-17-11-10-16(22-23-17)18(24)21-14-7-3-1-2-4-8-14/h5-6,9-12,14H,1-4,7-8H2,(H,20,23)(H,21,24). The maximum Gasteiger partial charge on any atom is 0.272 e. The minimum Gasteiger partial charge on any atom is -0.348 e. The molecule has 1 fully saturated rings. The zero-order chi connectivity index (χ0) is 16.8. The van der Waals surface area contributed by atoms with E-state index in [1.54, 1.807) is 12.1 Å². The smallest absolute Gasteiger partial charge is 0.272 e. The molecule has 2 aromatic rings. The molecule has 0 aliphatic heterocycles. The number of nitrogens with one attached hydrogen (secondary N) is 2. The summed E-state index contributed by atoms with van der Waals surface area (Å²) in [5.74, 6) is 0.475. The summed E-state index contributed by atoms with van der Waals surface area (Å²) in [6, 6.07) is 11.5. The van der Waals surface area contributed by atoms with E-state index in [-0.39, 0.29) is 11.9 Å². The van der Waals surface area contributed by atoms with Crippen LogP contribution >= 0.6 is 15.9 Å². The van der Waals surface area contributed by atoms with Gasteiger partial charge in [0.05, 0.1) is 0 Å². The first kappa shape index (κ1) is 16.9. The van der Waals surface area contributed by atoms with E-state index < -0.39 is 0 Å². The molecule has 0 saturated heterocycles. The van der Waals surface area contributed by atoms with Gasteiger partial charge in [0, 0.05) is 16.2 Å². The Balaban J connectivity index is 1.60. The molecule has 0 unspecified atom stereocenters. The molecule has 0 spiro atoms. The van der Waals surface area contributed by atoms with Gasteiger partial charge in [0.2, 0.25) is 0 Å². The zero-order valence-corrected chi connectivity index (χ0v) is 15.1. The number of hydrogen-bond acceptors (Lipinski definition) is 4. The molecule has 5 nitrogen and oxygen atoms in total. The molecule has 1 aliphatic rings. The maximum atomic E-state index is 12.3. The largest absolute Gasteiger partial charge is 0.348 e. The van der Waals surface area contributed by atoms with Crippen LogP contribution in [0.1, 0.15) is 49.0 Å². The molecule has 2 N–H and O–H groups in total. The second kappa shape index (κ2) is 8.24. The van der Waals surface area contributed by atoms with Crippen LogP contribution in [0.25, 0.3) is 0 Å². The molecule has 0 radical (unpaired) electrons. The van der Waals surface area contributed by atoms with Crippen molar-refractivity contribution in [2.24, 2.45) is 0 Å². The molecular formula is C18H21BrN4O. The van der Waals surface area contributed by atoms with Gasteiger partial charge in [-0.25, -0.2) is 0 Å². The summed E-state index contributed by atoms with van der Waals surface area (Å²) < 4.78 is 0.986. The van der Waals surface area contributed by atoms with Crippen molar-refractivity contribution in [1.82, 2.24) is 15.5 Å². The van der Waals surface area contributed by atoms with Gasteiger partial charge in [-0.2, -0.15) is 0 Å². The third-order valence-corrected chi connectivity index (χ3v) is 4.68. The van der Waals surface area contributed by atoms with Gasteiger partial charge in [0.15, 0.2) is 11.5 Å². The fourth-order valence-corrected chi connectivity index (χ4v) is 3.32. The van der Waals surface area contributed by atoms with Crippen LogP contribution in [-0.4, -0.2) is 22.1 Å². The predicted octanol–water partition coefficient (Wildman–Crippen LogP) is 4.44. The van der Waals surface area contributed by atoms with E-state index in [9.17, 15) is 4.79 Å². The van der Waals surface area contributed by atoms with Gasteiger partial charge in [0.25, 0.3) is 5.91 Å². The average Bonchev–Trinajstić information content (AvgIpc) is 2.84. The molecule has 0 bridgehead atoms. The number of halogens is 1. The molecule has 1 aliphatic carbocycles. The van der Waals surface area contributed by atoms with Gasteiger partial charge < -0.3 is 10.6 Å².